The second-order valence-electron chi connectivity index (χ2n) is 5.85. The highest BCUT2D eigenvalue weighted by molar-refractivity contribution is 14.0. The van der Waals surface area contributed by atoms with E-state index in [2.05, 4.69) is 41.3 Å². The van der Waals surface area contributed by atoms with Crippen molar-refractivity contribution in [2.75, 3.05) is 33.2 Å². The lowest BCUT2D eigenvalue weighted by Gasteiger charge is -2.30. The number of nitrogens with zero attached hydrogens (tertiary/aromatic N) is 2. The van der Waals surface area contributed by atoms with Crippen molar-refractivity contribution < 1.29 is 0 Å². The fourth-order valence-corrected chi connectivity index (χ4v) is 2.53. The number of guanidine groups is 1. The molecule has 20 heavy (non-hydrogen) atoms. The van der Waals surface area contributed by atoms with E-state index in [1.54, 1.807) is 0 Å². The molecule has 2 N–H and O–H groups in total. The van der Waals surface area contributed by atoms with Crippen molar-refractivity contribution in [3.05, 3.63) is 0 Å². The van der Waals surface area contributed by atoms with E-state index in [9.17, 15) is 0 Å². The van der Waals surface area contributed by atoms with Gasteiger partial charge in [-0.25, -0.2) is 0 Å². The minimum atomic E-state index is 0. The second kappa shape index (κ2) is 11.6. The first-order valence-electron chi connectivity index (χ1n) is 7.85. The molecular weight excluding hydrogens is 363 g/mol. The predicted molar refractivity (Wildman–Crippen MR) is 99.1 cm³/mol. The van der Waals surface area contributed by atoms with Crippen LogP contribution < -0.4 is 10.6 Å². The maximum Gasteiger partial charge on any atom is 0.191 e. The molecule has 2 atom stereocenters. The Morgan fingerprint density at radius 2 is 2.20 bits per heavy atom. The summed E-state index contributed by atoms with van der Waals surface area (Å²) < 4.78 is 0. The Hall–Kier alpha value is -0.0400. The summed E-state index contributed by atoms with van der Waals surface area (Å²) in [4.78, 5) is 6.85. The van der Waals surface area contributed by atoms with Crippen LogP contribution in [0.4, 0.5) is 0 Å². The Bertz CT molecular complexity index is 271. The molecule has 2 unspecified atom stereocenters. The molecule has 0 amide bonds. The Labute approximate surface area is 142 Å². The summed E-state index contributed by atoms with van der Waals surface area (Å²) in [7, 11) is 1.84. The fraction of sp³-hybridized carbons (Fsp3) is 0.933. The molecule has 0 aromatic rings. The lowest BCUT2D eigenvalue weighted by molar-refractivity contribution is 0.182. The van der Waals surface area contributed by atoms with Crippen molar-refractivity contribution in [1.29, 1.82) is 0 Å². The fourth-order valence-electron chi connectivity index (χ4n) is 2.53. The van der Waals surface area contributed by atoms with Crippen molar-refractivity contribution in [1.82, 2.24) is 15.5 Å². The first-order chi connectivity index (χ1) is 9.15. The number of likely N-dealkylation sites (tertiary alicyclic amines) is 1. The van der Waals surface area contributed by atoms with Crippen molar-refractivity contribution >= 4 is 29.9 Å². The predicted octanol–water partition coefficient (Wildman–Crippen LogP) is 2.69. The van der Waals surface area contributed by atoms with Crippen LogP contribution in [0.3, 0.4) is 0 Å². The van der Waals surface area contributed by atoms with Crippen molar-refractivity contribution in [2.24, 2.45) is 10.9 Å². The minimum absolute atomic E-state index is 0. The number of piperidine rings is 1. The smallest absolute Gasteiger partial charge is 0.191 e. The monoisotopic (exact) mass is 396 g/mol. The third-order valence-corrected chi connectivity index (χ3v) is 3.90. The third-order valence-electron chi connectivity index (χ3n) is 3.90. The van der Waals surface area contributed by atoms with E-state index in [1.807, 2.05) is 7.05 Å². The second-order valence-corrected chi connectivity index (χ2v) is 5.85. The molecular formula is C15H33IN4. The zero-order chi connectivity index (χ0) is 14.1. The standard InChI is InChI=1S/C15H32N4.HI/c1-5-14(3)18-15(16-4)17-9-7-11-19-10-6-8-13(2)12-19;/h13-14H,5-12H2,1-4H3,(H2,16,17,18);1H. The molecule has 0 aliphatic carbocycles. The minimum Gasteiger partial charge on any atom is -0.356 e. The quantitative estimate of drug-likeness (QED) is 0.314. The van der Waals surface area contributed by atoms with Crippen molar-refractivity contribution in [3.8, 4) is 0 Å². The van der Waals surface area contributed by atoms with Crippen LogP contribution in [0.2, 0.25) is 0 Å². The van der Waals surface area contributed by atoms with Crippen molar-refractivity contribution in [2.45, 2.75) is 52.5 Å². The van der Waals surface area contributed by atoms with E-state index in [0.29, 0.717) is 6.04 Å². The van der Waals surface area contributed by atoms with Gasteiger partial charge < -0.3 is 15.5 Å². The summed E-state index contributed by atoms with van der Waals surface area (Å²) in [6.07, 6.45) is 5.08. The highest BCUT2D eigenvalue weighted by Gasteiger charge is 2.15. The van der Waals surface area contributed by atoms with Gasteiger partial charge in [0.05, 0.1) is 0 Å². The zero-order valence-corrected chi connectivity index (χ0v) is 15.9. The molecule has 5 heteroatoms. The van der Waals surface area contributed by atoms with E-state index in [4.69, 9.17) is 0 Å². The lowest BCUT2D eigenvalue weighted by atomic mass is 10.0. The molecule has 4 nitrogen and oxygen atoms in total. The summed E-state index contributed by atoms with van der Waals surface area (Å²) in [6.45, 7) is 11.5. The number of halogens is 1. The third kappa shape index (κ3) is 8.29. The Morgan fingerprint density at radius 1 is 1.45 bits per heavy atom. The Balaban J connectivity index is 0.00000361. The average molecular weight is 396 g/mol. The molecule has 1 aliphatic heterocycles. The number of rotatable bonds is 6. The summed E-state index contributed by atoms with van der Waals surface area (Å²) in [6, 6.07) is 0.481. The van der Waals surface area contributed by atoms with Gasteiger partial charge >= 0.3 is 0 Å². The molecule has 0 saturated carbocycles. The largest absolute Gasteiger partial charge is 0.356 e. The van der Waals surface area contributed by atoms with E-state index in [0.717, 1.165) is 24.8 Å². The zero-order valence-electron chi connectivity index (χ0n) is 13.6. The molecule has 1 saturated heterocycles. The van der Waals surface area contributed by atoms with Crippen LogP contribution in [-0.2, 0) is 0 Å². The van der Waals surface area contributed by atoms with Gasteiger partial charge in [0.15, 0.2) is 5.96 Å². The Morgan fingerprint density at radius 3 is 2.80 bits per heavy atom. The number of hydrogen-bond donors (Lipinski definition) is 2. The van der Waals surface area contributed by atoms with Crippen LogP contribution >= 0.6 is 24.0 Å². The van der Waals surface area contributed by atoms with Gasteiger partial charge in [-0.05, 0) is 51.6 Å². The van der Waals surface area contributed by atoms with Crippen LogP contribution in [0.1, 0.15) is 46.5 Å². The molecule has 0 aromatic heterocycles. The number of hydrogen-bond acceptors (Lipinski definition) is 2. The molecule has 120 valence electrons. The first-order valence-corrected chi connectivity index (χ1v) is 7.85. The average Bonchev–Trinajstić information content (AvgIpc) is 2.42. The van der Waals surface area contributed by atoms with Gasteiger partial charge in [-0.3, -0.25) is 4.99 Å². The van der Waals surface area contributed by atoms with Gasteiger partial charge in [-0.2, -0.15) is 0 Å². The molecule has 0 spiro atoms. The molecule has 1 aliphatic rings. The van der Waals surface area contributed by atoms with Crippen LogP contribution in [0.25, 0.3) is 0 Å². The highest BCUT2D eigenvalue weighted by atomic mass is 127. The molecule has 0 bridgehead atoms. The SMILES string of the molecule is CCC(C)NC(=NC)NCCCN1CCCC(C)C1.I. The molecule has 1 heterocycles. The molecule has 1 fully saturated rings. The van der Waals surface area contributed by atoms with E-state index < -0.39 is 0 Å². The summed E-state index contributed by atoms with van der Waals surface area (Å²) >= 11 is 0. The summed E-state index contributed by atoms with van der Waals surface area (Å²) in [5.41, 5.74) is 0. The first kappa shape index (κ1) is 20.0. The lowest BCUT2D eigenvalue weighted by Crippen LogP contribution is -2.43. The maximum absolute atomic E-state index is 4.25. The van der Waals surface area contributed by atoms with Crippen LogP contribution in [0, 0.1) is 5.92 Å². The van der Waals surface area contributed by atoms with Gasteiger partial charge in [0.25, 0.3) is 0 Å². The maximum atomic E-state index is 4.25. The highest BCUT2D eigenvalue weighted by Crippen LogP contribution is 2.15. The van der Waals surface area contributed by atoms with Gasteiger partial charge in [0.2, 0.25) is 0 Å². The number of aliphatic imine (C=N–C) groups is 1. The van der Waals surface area contributed by atoms with Gasteiger partial charge in [-0.1, -0.05) is 13.8 Å². The summed E-state index contributed by atoms with van der Waals surface area (Å²) in [5, 5.41) is 6.78. The van der Waals surface area contributed by atoms with E-state index in [-0.39, 0.29) is 24.0 Å². The van der Waals surface area contributed by atoms with Gasteiger partial charge in [-0.15, -0.1) is 24.0 Å². The van der Waals surface area contributed by atoms with Crippen molar-refractivity contribution in [3.63, 3.8) is 0 Å². The van der Waals surface area contributed by atoms with E-state index >= 15 is 0 Å². The molecule has 1 rings (SSSR count). The summed E-state index contributed by atoms with van der Waals surface area (Å²) in [5.74, 6) is 1.81. The van der Waals surface area contributed by atoms with Crippen LogP contribution in [-0.4, -0.2) is 50.1 Å². The number of nitrogens with one attached hydrogen (secondary N) is 2. The topological polar surface area (TPSA) is 39.7 Å². The van der Waals surface area contributed by atoms with E-state index in [1.165, 1.54) is 38.9 Å². The Kier molecular flexibility index (Phi) is 11.6. The van der Waals surface area contributed by atoms with Crippen LogP contribution in [0.5, 0.6) is 0 Å². The van der Waals surface area contributed by atoms with Crippen LogP contribution in [0.15, 0.2) is 4.99 Å². The molecule has 0 aromatic carbocycles. The normalized spacial score (nSPS) is 22.0. The van der Waals surface area contributed by atoms with Gasteiger partial charge in [0.1, 0.15) is 0 Å². The molecule has 0 radical (unpaired) electrons. The van der Waals surface area contributed by atoms with Gasteiger partial charge in [0, 0.05) is 26.2 Å².